The van der Waals surface area contributed by atoms with Gasteiger partial charge in [0.05, 0.1) is 10.5 Å². The molecule has 0 saturated carbocycles. The van der Waals surface area contributed by atoms with E-state index in [-0.39, 0.29) is 16.9 Å². The molecular formula is C8H9ClN3O+. The molecule has 1 heterocycles. The van der Waals surface area contributed by atoms with Crippen LogP contribution in [0.5, 0.6) is 0 Å². The Morgan fingerprint density at radius 2 is 2.38 bits per heavy atom. The van der Waals surface area contributed by atoms with Crippen LogP contribution in [-0.2, 0) is 0 Å². The summed E-state index contributed by atoms with van der Waals surface area (Å²) in [6.45, 7) is 3.60. The van der Waals surface area contributed by atoms with Gasteiger partial charge in [0.25, 0.3) is 0 Å². The Balaban J connectivity index is 3.18. The second kappa shape index (κ2) is 3.67. The van der Waals surface area contributed by atoms with Crippen molar-refractivity contribution < 1.29 is 4.76 Å². The van der Waals surface area contributed by atoms with Crippen molar-refractivity contribution in [2.75, 3.05) is 0 Å². The van der Waals surface area contributed by atoms with Crippen molar-refractivity contribution in [2.45, 2.75) is 26.3 Å². The topological polar surface area (TPSA) is 56.2 Å². The van der Waals surface area contributed by atoms with Crippen LogP contribution < -0.4 is 0 Å². The highest BCUT2D eigenvalue weighted by atomic mass is 35.5. The molecule has 0 radical (unpaired) electrons. The van der Waals surface area contributed by atoms with Crippen LogP contribution in [0.2, 0.25) is 0 Å². The molecule has 68 valence electrons. The van der Waals surface area contributed by atoms with Gasteiger partial charge < -0.3 is 0 Å². The third kappa shape index (κ3) is 1.61. The van der Waals surface area contributed by atoms with Crippen LogP contribution in [0, 0.1) is 16.2 Å². The third-order valence-corrected chi connectivity index (χ3v) is 2.21. The summed E-state index contributed by atoms with van der Waals surface area (Å²) in [5, 5.41) is 8.61. The number of nitrogens with zero attached hydrogens (tertiary/aromatic N) is 3. The van der Waals surface area contributed by atoms with Gasteiger partial charge in [-0.15, -0.1) is 0 Å². The highest BCUT2D eigenvalue weighted by Crippen LogP contribution is 2.21. The predicted molar refractivity (Wildman–Crippen MR) is 49.3 cm³/mol. The highest BCUT2D eigenvalue weighted by Gasteiger charge is 2.37. The SMILES string of the molecule is CCC1C(C)=NC(Cl)=C(C#N)[N+]1=O. The number of nitriles is 1. The Hall–Kier alpha value is -1.21. The first-order valence-electron chi connectivity index (χ1n) is 3.93. The summed E-state index contributed by atoms with van der Waals surface area (Å²) in [5.41, 5.74) is 0.556. The number of halogens is 1. The molecule has 0 aromatic heterocycles. The summed E-state index contributed by atoms with van der Waals surface area (Å²) in [6.07, 6.45) is 0.619. The standard InChI is InChI=1S/C8H9ClN3O/c1-3-6-5(2)11-8(9)7(4-10)12(6)13/h6H,3H2,1-2H3/q+1. The maximum atomic E-state index is 11.5. The molecule has 0 spiro atoms. The lowest BCUT2D eigenvalue weighted by Crippen LogP contribution is -2.32. The first-order chi connectivity index (χ1) is 6.11. The minimum absolute atomic E-state index is 0.0142. The van der Waals surface area contributed by atoms with E-state index in [1.807, 2.05) is 6.92 Å². The van der Waals surface area contributed by atoms with Crippen molar-refractivity contribution in [1.29, 1.82) is 5.26 Å². The van der Waals surface area contributed by atoms with E-state index in [0.29, 0.717) is 16.9 Å². The molecule has 0 saturated heterocycles. The van der Waals surface area contributed by atoms with Crippen molar-refractivity contribution in [2.24, 2.45) is 4.99 Å². The second-order valence-electron chi connectivity index (χ2n) is 2.75. The maximum Gasteiger partial charge on any atom is 0.370 e. The van der Waals surface area contributed by atoms with Gasteiger partial charge in [-0.3, -0.25) is 0 Å². The van der Waals surface area contributed by atoms with Gasteiger partial charge in [-0.05, 0) is 6.92 Å². The zero-order valence-electron chi connectivity index (χ0n) is 7.41. The molecule has 1 aliphatic heterocycles. The van der Waals surface area contributed by atoms with Gasteiger partial charge >= 0.3 is 5.70 Å². The van der Waals surface area contributed by atoms with E-state index >= 15 is 0 Å². The number of aliphatic imine (C=N–C) groups is 1. The minimum atomic E-state index is -0.350. The van der Waals surface area contributed by atoms with Gasteiger partial charge in [-0.25, -0.2) is 4.99 Å². The molecule has 1 atom stereocenters. The average molecular weight is 199 g/mol. The normalized spacial score (nSPS) is 22.8. The number of nitroso groups, excluding NO2 is 1. The molecule has 0 N–H and O–H groups in total. The number of hydrogen-bond donors (Lipinski definition) is 0. The molecule has 4 nitrogen and oxygen atoms in total. The summed E-state index contributed by atoms with van der Waals surface area (Å²) in [7, 11) is 0. The van der Waals surface area contributed by atoms with Crippen molar-refractivity contribution >= 4 is 17.3 Å². The van der Waals surface area contributed by atoms with E-state index in [2.05, 4.69) is 4.99 Å². The summed E-state index contributed by atoms with van der Waals surface area (Å²) >= 11 is 5.62. The Kier molecular flexibility index (Phi) is 2.79. The van der Waals surface area contributed by atoms with E-state index in [4.69, 9.17) is 16.9 Å². The molecule has 0 amide bonds. The fourth-order valence-corrected chi connectivity index (χ4v) is 1.51. The first kappa shape index (κ1) is 9.87. The largest absolute Gasteiger partial charge is 0.370 e. The molecule has 1 rings (SSSR count). The van der Waals surface area contributed by atoms with Gasteiger partial charge in [-0.1, -0.05) is 18.5 Å². The van der Waals surface area contributed by atoms with Crippen LogP contribution in [0.15, 0.2) is 15.8 Å². The molecule has 1 unspecified atom stereocenters. The molecule has 1 aliphatic rings. The fourth-order valence-electron chi connectivity index (χ4n) is 1.26. The highest BCUT2D eigenvalue weighted by molar-refractivity contribution is 6.30. The molecular weight excluding hydrogens is 190 g/mol. The Labute approximate surface area is 81.1 Å². The van der Waals surface area contributed by atoms with Crippen LogP contribution in [0.3, 0.4) is 0 Å². The first-order valence-corrected chi connectivity index (χ1v) is 4.31. The summed E-state index contributed by atoms with van der Waals surface area (Å²) < 4.78 is 0.630. The lowest BCUT2D eigenvalue weighted by Gasteiger charge is -2.09. The van der Waals surface area contributed by atoms with Crippen LogP contribution >= 0.6 is 11.6 Å². The van der Waals surface area contributed by atoms with Crippen LogP contribution in [0.4, 0.5) is 0 Å². The predicted octanol–water partition coefficient (Wildman–Crippen LogP) is 1.95. The third-order valence-electron chi connectivity index (χ3n) is 1.95. The summed E-state index contributed by atoms with van der Waals surface area (Å²) in [4.78, 5) is 15.4. The molecule has 0 bridgehead atoms. The van der Waals surface area contributed by atoms with E-state index in [9.17, 15) is 4.91 Å². The monoisotopic (exact) mass is 198 g/mol. The molecule has 5 heteroatoms. The van der Waals surface area contributed by atoms with E-state index in [0.717, 1.165) is 0 Å². The van der Waals surface area contributed by atoms with Gasteiger partial charge in [-0.2, -0.15) is 5.26 Å². The molecule has 0 aromatic rings. The summed E-state index contributed by atoms with van der Waals surface area (Å²) in [6, 6.07) is 1.39. The molecule has 13 heavy (non-hydrogen) atoms. The van der Waals surface area contributed by atoms with Crippen molar-refractivity contribution in [1.82, 2.24) is 0 Å². The number of rotatable bonds is 1. The van der Waals surface area contributed by atoms with Crippen LogP contribution in [0.1, 0.15) is 20.3 Å². The van der Waals surface area contributed by atoms with E-state index in [1.165, 1.54) is 0 Å². The smallest absolute Gasteiger partial charge is 0.232 e. The number of hydrogen-bond acceptors (Lipinski definition) is 3. The zero-order valence-corrected chi connectivity index (χ0v) is 8.17. The lowest BCUT2D eigenvalue weighted by atomic mass is 10.1. The summed E-state index contributed by atoms with van der Waals surface area (Å²) in [5.74, 6) is 0. The fraction of sp³-hybridized carbons (Fsp3) is 0.500. The van der Waals surface area contributed by atoms with E-state index < -0.39 is 0 Å². The zero-order chi connectivity index (χ0) is 10.0. The minimum Gasteiger partial charge on any atom is -0.232 e. The van der Waals surface area contributed by atoms with Crippen molar-refractivity contribution in [3.8, 4) is 6.07 Å². The lowest BCUT2D eigenvalue weighted by molar-refractivity contribution is -0.517. The van der Waals surface area contributed by atoms with Gasteiger partial charge in [0.15, 0.2) is 6.07 Å². The Morgan fingerprint density at radius 1 is 1.77 bits per heavy atom. The second-order valence-corrected chi connectivity index (χ2v) is 3.11. The quantitative estimate of drug-likeness (QED) is 0.478. The molecule has 0 aromatic carbocycles. The molecule has 0 fully saturated rings. The average Bonchev–Trinajstić information content (AvgIpc) is 2.04. The van der Waals surface area contributed by atoms with Crippen LogP contribution in [0.25, 0.3) is 0 Å². The number of allylic oxidation sites excluding steroid dienone is 1. The molecule has 0 aliphatic carbocycles. The maximum absolute atomic E-state index is 11.5. The van der Waals surface area contributed by atoms with Crippen LogP contribution in [-0.4, -0.2) is 16.5 Å². The van der Waals surface area contributed by atoms with Gasteiger partial charge in [0.1, 0.15) is 0 Å². The van der Waals surface area contributed by atoms with Gasteiger partial charge in [0, 0.05) is 11.3 Å². The van der Waals surface area contributed by atoms with Crippen molar-refractivity contribution in [3.63, 3.8) is 0 Å². The van der Waals surface area contributed by atoms with E-state index in [1.54, 1.807) is 13.0 Å². The van der Waals surface area contributed by atoms with Gasteiger partial charge in [0.2, 0.25) is 11.2 Å². The van der Waals surface area contributed by atoms with Crippen molar-refractivity contribution in [3.05, 3.63) is 15.8 Å². The Bertz CT molecular complexity index is 351. The Morgan fingerprint density at radius 3 is 2.85 bits per heavy atom.